The maximum Gasteiger partial charge on any atom is 0.220 e. The van der Waals surface area contributed by atoms with Crippen LogP contribution in [-0.2, 0) is 9.53 Å². The van der Waals surface area contributed by atoms with Gasteiger partial charge in [0.2, 0.25) is 5.91 Å². The molecule has 1 saturated heterocycles. The zero-order valence-electron chi connectivity index (χ0n) is 8.02. The van der Waals surface area contributed by atoms with Gasteiger partial charge in [-0.25, -0.2) is 0 Å². The van der Waals surface area contributed by atoms with Gasteiger partial charge >= 0.3 is 0 Å². The number of ether oxygens (including phenoxy) is 1. The van der Waals surface area contributed by atoms with Crippen molar-refractivity contribution in [2.24, 2.45) is 5.41 Å². The Hall–Kier alpha value is -0.570. The third kappa shape index (κ3) is 1.78. The minimum absolute atomic E-state index is 0.0904. The van der Waals surface area contributed by atoms with E-state index in [1.54, 1.807) is 7.11 Å². The van der Waals surface area contributed by atoms with Crippen molar-refractivity contribution in [3.63, 3.8) is 0 Å². The van der Waals surface area contributed by atoms with E-state index in [-0.39, 0.29) is 17.4 Å². The largest absolute Gasteiger partial charge is 0.385 e. The Labute approximate surface area is 73.5 Å². The van der Waals surface area contributed by atoms with Crippen LogP contribution in [0.1, 0.15) is 26.7 Å². The molecule has 1 aliphatic rings. The Morgan fingerprint density at radius 3 is 2.83 bits per heavy atom. The summed E-state index contributed by atoms with van der Waals surface area (Å²) in [6.07, 6.45) is 1.58. The molecule has 1 amide bonds. The molecule has 0 aromatic rings. The number of carbonyl (C=O) groups is 1. The number of carbonyl (C=O) groups excluding carboxylic acids is 1. The minimum atomic E-state index is 0.0904. The first-order valence-electron chi connectivity index (χ1n) is 4.37. The molecule has 0 aliphatic carbocycles. The second-order valence-electron chi connectivity index (χ2n) is 3.86. The lowest BCUT2D eigenvalue weighted by atomic mass is 9.80. The molecule has 0 bridgehead atoms. The van der Waals surface area contributed by atoms with Gasteiger partial charge in [-0.05, 0) is 18.8 Å². The van der Waals surface area contributed by atoms with Crippen molar-refractivity contribution >= 4 is 5.91 Å². The summed E-state index contributed by atoms with van der Waals surface area (Å²) in [5.74, 6) is 0.168. The van der Waals surface area contributed by atoms with Gasteiger partial charge < -0.3 is 10.1 Å². The predicted molar refractivity (Wildman–Crippen MR) is 46.8 cm³/mol. The van der Waals surface area contributed by atoms with Crippen LogP contribution in [0.2, 0.25) is 0 Å². The number of nitrogens with one attached hydrogen (secondary N) is 1. The summed E-state index contributed by atoms with van der Waals surface area (Å²) in [5, 5.41) is 2.92. The molecule has 1 rings (SSSR count). The summed E-state index contributed by atoms with van der Waals surface area (Å²) < 4.78 is 5.01. The van der Waals surface area contributed by atoms with Crippen molar-refractivity contribution < 1.29 is 9.53 Å². The fraction of sp³-hybridized carbons (Fsp3) is 0.889. The molecule has 1 aliphatic heterocycles. The Morgan fingerprint density at radius 1 is 1.75 bits per heavy atom. The van der Waals surface area contributed by atoms with Crippen LogP contribution >= 0.6 is 0 Å². The van der Waals surface area contributed by atoms with Crippen molar-refractivity contribution in [3.05, 3.63) is 0 Å². The predicted octanol–water partition coefficient (Wildman–Crippen LogP) is 0.938. The smallest absolute Gasteiger partial charge is 0.220 e. The molecule has 2 unspecified atom stereocenters. The van der Waals surface area contributed by atoms with Crippen molar-refractivity contribution in [2.45, 2.75) is 32.7 Å². The molecule has 3 nitrogen and oxygen atoms in total. The summed E-state index contributed by atoms with van der Waals surface area (Å²) >= 11 is 0. The molecule has 3 heteroatoms. The monoisotopic (exact) mass is 171 g/mol. The zero-order valence-corrected chi connectivity index (χ0v) is 8.02. The van der Waals surface area contributed by atoms with Crippen molar-refractivity contribution in [1.29, 1.82) is 0 Å². The van der Waals surface area contributed by atoms with Crippen LogP contribution in [0.3, 0.4) is 0 Å². The number of hydrogen-bond donors (Lipinski definition) is 1. The van der Waals surface area contributed by atoms with Gasteiger partial charge in [-0.2, -0.15) is 0 Å². The standard InChI is InChI=1S/C9H17NO2/c1-7-9(2,4-5-12-3)6-8(11)10-7/h7H,4-6H2,1-3H3,(H,10,11). The molecule has 0 aromatic heterocycles. The Morgan fingerprint density at radius 2 is 2.42 bits per heavy atom. The fourth-order valence-corrected chi connectivity index (χ4v) is 1.63. The van der Waals surface area contributed by atoms with Crippen LogP contribution < -0.4 is 5.32 Å². The van der Waals surface area contributed by atoms with E-state index in [1.165, 1.54) is 0 Å². The zero-order chi connectivity index (χ0) is 9.19. The summed E-state index contributed by atoms with van der Waals surface area (Å²) in [6, 6.07) is 0.278. The van der Waals surface area contributed by atoms with Crippen LogP contribution in [0, 0.1) is 5.41 Å². The van der Waals surface area contributed by atoms with Gasteiger partial charge in [0, 0.05) is 26.2 Å². The average molecular weight is 171 g/mol. The van der Waals surface area contributed by atoms with E-state index in [2.05, 4.69) is 19.2 Å². The average Bonchev–Trinajstić information content (AvgIpc) is 2.23. The van der Waals surface area contributed by atoms with Gasteiger partial charge in [0.15, 0.2) is 0 Å². The fourth-order valence-electron chi connectivity index (χ4n) is 1.63. The molecule has 1 fully saturated rings. The lowest BCUT2D eigenvalue weighted by molar-refractivity contribution is -0.119. The lowest BCUT2D eigenvalue weighted by Gasteiger charge is -2.26. The highest BCUT2D eigenvalue weighted by atomic mass is 16.5. The van der Waals surface area contributed by atoms with Gasteiger partial charge in [0.1, 0.15) is 0 Å². The topological polar surface area (TPSA) is 38.3 Å². The van der Waals surface area contributed by atoms with Crippen molar-refractivity contribution in [1.82, 2.24) is 5.32 Å². The summed E-state index contributed by atoms with van der Waals surface area (Å²) in [6.45, 7) is 4.92. The molecule has 2 atom stereocenters. The molecule has 12 heavy (non-hydrogen) atoms. The van der Waals surface area contributed by atoms with Gasteiger partial charge in [0.05, 0.1) is 0 Å². The molecule has 0 spiro atoms. The van der Waals surface area contributed by atoms with Crippen LogP contribution in [-0.4, -0.2) is 25.7 Å². The molecule has 0 aromatic carbocycles. The Kier molecular flexibility index (Phi) is 2.73. The Balaban J connectivity index is 2.52. The highest BCUT2D eigenvalue weighted by Gasteiger charge is 2.39. The number of amides is 1. The molecule has 1 heterocycles. The maximum atomic E-state index is 11.1. The minimum Gasteiger partial charge on any atom is -0.385 e. The van der Waals surface area contributed by atoms with Crippen LogP contribution in [0.4, 0.5) is 0 Å². The van der Waals surface area contributed by atoms with Crippen LogP contribution in [0.5, 0.6) is 0 Å². The lowest BCUT2D eigenvalue weighted by Crippen LogP contribution is -2.32. The van der Waals surface area contributed by atoms with E-state index in [9.17, 15) is 4.79 Å². The van der Waals surface area contributed by atoms with E-state index in [0.717, 1.165) is 13.0 Å². The Bertz CT molecular complexity index is 181. The molecule has 1 N–H and O–H groups in total. The first-order chi connectivity index (χ1) is 5.58. The van der Waals surface area contributed by atoms with E-state index >= 15 is 0 Å². The highest BCUT2D eigenvalue weighted by Crippen LogP contribution is 2.34. The highest BCUT2D eigenvalue weighted by molar-refractivity contribution is 5.79. The molecule has 70 valence electrons. The second kappa shape index (κ2) is 3.44. The van der Waals surface area contributed by atoms with Crippen molar-refractivity contribution in [2.75, 3.05) is 13.7 Å². The molecule has 0 saturated carbocycles. The summed E-state index contributed by atoms with van der Waals surface area (Å²) in [5.41, 5.74) is 0.0904. The first kappa shape index (κ1) is 9.52. The van der Waals surface area contributed by atoms with Crippen LogP contribution in [0.15, 0.2) is 0 Å². The molecular formula is C9H17NO2. The maximum absolute atomic E-state index is 11.1. The van der Waals surface area contributed by atoms with E-state index in [4.69, 9.17) is 4.74 Å². The van der Waals surface area contributed by atoms with Gasteiger partial charge in [-0.1, -0.05) is 6.92 Å². The SMILES string of the molecule is COCCC1(C)CC(=O)NC1C. The number of hydrogen-bond acceptors (Lipinski definition) is 2. The van der Waals surface area contributed by atoms with E-state index in [0.29, 0.717) is 6.42 Å². The third-order valence-corrected chi connectivity index (χ3v) is 2.86. The van der Waals surface area contributed by atoms with E-state index < -0.39 is 0 Å². The van der Waals surface area contributed by atoms with Gasteiger partial charge in [-0.15, -0.1) is 0 Å². The van der Waals surface area contributed by atoms with Crippen LogP contribution in [0.25, 0.3) is 0 Å². The number of methoxy groups -OCH3 is 1. The molecular weight excluding hydrogens is 154 g/mol. The van der Waals surface area contributed by atoms with E-state index in [1.807, 2.05) is 0 Å². The summed E-state index contributed by atoms with van der Waals surface area (Å²) in [7, 11) is 1.69. The van der Waals surface area contributed by atoms with Gasteiger partial charge in [-0.3, -0.25) is 4.79 Å². The third-order valence-electron chi connectivity index (χ3n) is 2.86. The summed E-state index contributed by atoms with van der Waals surface area (Å²) in [4.78, 5) is 11.1. The molecule has 0 radical (unpaired) electrons. The second-order valence-corrected chi connectivity index (χ2v) is 3.86. The van der Waals surface area contributed by atoms with Gasteiger partial charge in [0.25, 0.3) is 0 Å². The quantitative estimate of drug-likeness (QED) is 0.686. The van der Waals surface area contributed by atoms with Crippen molar-refractivity contribution in [3.8, 4) is 0 Å². The normalized spacial score (nSPS) is 35.2. The number of rotatable bonds is 3. The first-order valence-corrected chi connectivity index (χ1v) is 4.37.